The number of fused-ring (bicyclic) bond motifs is 2. The number of anilines is 1. The fraction of sp³-hybridized carbons (Fsp3) is 0.444. The fourth-order valence-corrected chi connectivity index (χ4v) is 5.77. The molecule has 2 amide bonds. The molecule has 13 heteroatoms. The molecule has 218 valence electrons. The number of rotatable bonds is 3. The van der Waals surface area contributed by atoms with Crippen molar-refractivity contribution in [3.8, 4) is 0 Å². The number of carbonyl (C=O) groups excluding carboxylic acids is 2. The van der Waals surface area contributed by atoms with Gasteiger partial charge in [-0.05, 0) is 41.2 Å². The van der Waals surface area contributed by atoms with Crippen molar-refractivity contribution in [1.29, 1.82) is 0 Å². The number of alkyl halides is 3. The standard InChI is InChI=1S/C25H28Cl2FN3O2.C2HF3O2/c1-24(2,3)12-18-25(15-10-9-13(26)11-17(15)29-23(25)33)19(21(30-18)22(32)31(4)5)14-7-6-8-16(27)20(14)28;3-2(4,5)1(6)7/h6-11,18-19,21,30H,12H2,1-5H3,(H,29,33);(H,6,7)/t18-,19-,21+,25+;/m0./s1. The van der Waals surface area contributed by atoms with Crippen LogP contribution in [0.25, 0.3) is 0 Å². The van der Waals surface area contributed by atoms with Crippen LogP contribution in [-0.2, 0) is 19.8 Å². The zero-order valence-corrected chi connectivity index (χ0v) is 23.8. The van der Waals surface area contributed by atoms with Crippen molar-refractivity contribution in [2.75, 3.05) is 19.4 Å². The Balaban J connectivity index is 0.000000559. The van der Waals surface area contributed by atoms with E-state index in [1.165, 1.54) is 11.0 Å². The zero-order valence-electron chi connectivity index (χ0n) is 22.3. The Morgan fingerprint density at radius 2 is 1.70 bits per heavy atom. The smallest absolute Gasteiger partial charge is 0.475 e. The number of likely N-dealkylation sites (N-methyl/N-ethyl adjacent to an activating group) is 1. The maximum absolute atomic E-state index is 15.5. The van der Waals surface area contributed by atoms with Gasteiger partial charge in [0.25, 0.3) is 0 Å². The Morgan fingerprint density at radius 3 is 2.23 bits per heavy atom. The summed E-state index contributed by atoms with van der Waals surface area (Å²) in [5.74, 6) is -4.70. The van der Waals surface area contributed by atoms with Gasteiger partial charge in [0.15, 0.2) is 0 Å². The molecule has 2 aromatic carbocycles. The van der Waals surface area contributed by atoms with Gasteiger partial charge >= 0.3 is 12.1 Å². The minimum absolute atomic E-state index is 0.0484. The van der Waals surface area contributed by atoms with Gasteiger partial charge in [-0.2, -0.15) is 13.2 Å². The highest BCUT2D eigenvalue weighted by molar-refractivity contribution is 6.31. The van der Waals surface area contributed by atoms with Crippen molar-refractivity contribution in [1.82, 2.24) is 10.2 Å². The molecule has 1 fully saturated rings. The number of carboxylic acids is 1. The van der Waals surface area contributed by atoms with Crippen LogP contribution in [0.3, 0.4) is 0 Å². The molecule has 40 heavy (non-hydrogen) atoms. The van der Waals surface area contributed by atoms with E-state index in [1.807, 2.05) is 6.07 Å². The quantitative estimate of drug-likeness (QED) is 0.395. The van der Waals surface area contributed by atoms with Crippen LogP contribution in [0.1, 0.15) is 44.2 Å². The SMILES string of the molecule is CN(C)C(=O)[C@@H]1N[C@@H](CC(C)(C)C)[C@@]2(C(=O)Nc3cc(Cl)ccc32)[C@H]1c1cccc(Cl)c1F.O=C(O)C(F)(F)F. The van der Waals surface area contributed by atoms with E-state index in [-0.39, 0.29) is 27.8 Å². The van der Waals surface area contributed by atoms with Gasteiger partial charge in [0.2, 0.25) is 11.8 Å². The lowest BCUT2D eigenvalue weighted by molar-refractivity contribution is -0.192. The summed E-state index contributed by atoms with van der Waals surface area (Å²) >= 11 is 12.4. The minimum atomic E-state index is -5.08. The number of hydrogen-bond acceptors (Lipinski definition) is 4. The molecular formula is C27H29Cl2F4N3O4. The van der Waals surface area contributed by atoms with Crippen molar-refractivity contribution in [2.24, 2.45) is 5.41 Å². The summed E-state index contributed by atoms with van der Waals surface area (Å²) in [7, 11) is 3.31. The summed E-state index contributed by atoms with van der Waals surface area (Å²) in [6.45, 7) is 6.23. The Kier molecular flexibility index (Phi) is 8.84. The maximum atomic E-state index is 15.5. The van der Waals surface area contributed by atoms with Gasteiger partial charge in [-0.15, -0.1) is 0 Å². The normalized spacial score (nSPS) is 23.8. The fourth-order valence-electron chi connectivity index (χ4n) is 5.42. The first-order valence-electron chi connectivity index (χ1n) is 12.1. The molecule has 1 spiro atoms. The Bertz CT molecular complexity index is 1330. The van der Waals surface area contributed by atoms with Gasteiger partial charge in [0.1, 0.15) is 11.2 Å². The molecule has 0 aromatic heterocycles. The molecular weight excluding hydrogens is 577 g/mol. The molecule has 3 N–H and O–H groups in total. The molecule has 2 heterocycles. The molecule has 0 unspecified atom stereocenters. The first-order valence-corrected chi connectivity index (χ1v) is 12.9. The molecule has 4 rings (SSSR count). The molecule has 0 radical (unpaired) electrons. The molecule has 0 saturated carbocycles. The van der Waals surface area contributed by atoms with E-state index >= 15 is 4.39 Å². The number of halogens is 6. The van der Waals surface area contributed by atoms with Crippen molar-refractivity contribution in [2.45, 2.75) is 56.8 Å². The van der Waals surface area contributed by atoms with E-state index in [0.717, 1.165) is 0 Å². The number of amides is 2. The lowest BCUT2D eigenvalue weighted by Crippen LogP contribution is -2.49. The van der Waals surface area contributed by atoms with Crippen molar-refractivity contribution in [3.05, 3.63) is 63.4 Å². The topological polar surface area (TPSA) is 98.7 Å². The van der Waals surface area contributed by atoms with Gasteiger partial charge in [-0.1, -0.05) is 62.2 Å². The summed E-state index contributed by atoms with van der Waals surface area (Å²) in [6.07, 6.45) is -4.50. The monoisotopic (exact) mass is 605 g/mol. The largest absolute Gasteiger partial charge is 0.490 e. The molecule has 7 nitrogen and oxygen atoms in total. The van der Waals surface area contributed by atoms with E-state index < -0.39 is 41.4 Å². The van der Waals surface area contributed by atoms with E-state index in [1.54, 1.807) is 38.4 Å². The predicted octanol–water partition coefficient (Wildman–Crippen LogP) is 5.60. The third kappa shape index (κ3) is 5.91. The molecule has 0 bridgehead atoms. The molecule has 2 aliphatic heterocycles. The summed E-state index contributed by atoms with van der Waals surface area (Å²) in [6, 6.07) is 8.71. The summed E-state index contributed by atoms with van der Waals surface area (Å²) in [5, 5.41) is 14.0. The van der Waals surface area contributed by atoms with Gasteiger partial charge < -0.3 is 20.6 Å². The van der Waals surface area contributed by atoms with Crippen LogP contribution in [0, 0.1) is 11.2 Å². The minimum Gasteiger partial charge on any atom is -0.475 e. The Morgan fingerprint density at radius 1 is 1.10 bits per heavy atom. The summed E-state index contributed by atoms with van der Waals surface area (Å²) < 4.78 is 47.3. The van der Waals surface area contributed by atoms with E-state index in [2.05, 4.69) is 31.4 Å². The zero-order chi connectivity index (χ0) is 30.4. The highest BCUT2D eigenvalue weighted by Gasteiger charge is 2.66. The lowest BCUT2D eigenvalue weighted by atomic mass is 9.62. The van der Waals surface area contributed by atoms with Crippen LogP contribution in [0.15, 0.2) is 36.4 Å². The number of nitrogens with zero attached hydrogens (tertiary/aromatic N) is 1. The van der Waals surface area contributed by atoms with Crippen LogP contribution in [0.4, 0.5) is 23.2 Å². The van der Waals surface area contributed by atoms with Gasteiger partial charge in [-0.3, -0.25) is 9.59 Å². The van der Waals surface area contributed by atoms with Crippen LogP contribution < -0.4 is 10.6 Å². The van der Waals surface area contributed by atoms with Gasteiger partial charge in [0, 0.05) is 36.8 Å². The first-order chi connectivity index (χ1) is 18.3. The van der Waals surface area contributed by atoms with Crippen LogP contribution in [-0.4, -0.2) is 60.1 Å². The summed E-state index contributed by atoms with van der Waals surface area (Å²) in [5.41, 5.74) is 0.128. The number of hydrogen-bond donors (Lipinski definition) is 3. The van der Waals surface area contributed by atoms with E-state index in [9.17, 15) is 22.8 Å². The molecule has 2 aromatic rings. The number of carboxylic acid groups (broad SMARTS) is 1. The third-order valence-electron chi connectivity index (χ3n) is 6.89. The number of carbonyl (C=O) groups is 3. The van der Waals surface area contributed by atoms with Crippen molar-refractivity contribution >= 4 is 46.7 Å². The Labute approximate surface area is 238 Å². The van der Waals surface area contributed by atoms with Gasteiger partial charge in [-0.25, -0.2) is 9.18 Å². The third-order valence-corrected chi connectivity index (χ3v) is 7.41. The predicted molar refractivity (Wildman–Crippen MR) is 143 cm³/mol. The summed E-state index contributed by atoms with van der Waals surface area (Å²) in [4.78, 5) is 37.7. The molecule has 2 aliphatic rings. The Hall–Kier alpha value is -2.89. The highest BCUT2D eigenvalue weighted by atomic mass is 35.5. The highest BCUT2D eigenvalue weighted by Crippen LogP contribution is 2.57. The molecule has 4 atom stereocenters. The number of benzene rings is 2. The second kappa shape index (κ2) is 11.2. The van der Waals surface area contributed by atoms with Gasteiger partial charge in [0.05, 0.1) is 11.1 Å². The first kappa shape index (κ1) is 31.6. The number of aliphatic carboxylic acids is 1. The molecule has 0 aliphatic carbocycles. The van der Waals surface area contributed by atoms with E-state index in [0.29, 0.717) is 22.7 Å². The second-order valence-electron chi connectivity index (χ2n) is 11.1. The van der Waals surface area contributed by atoms with Crippen LogP contribution >= 0.6 is 23.2 Å². The second-order valence-corrected chi connectivity index (χ2v) is 12.0. The van der Waals surface area contributed by atoms with Crippen molar-refractivity contribution in [3.63, 3.8) is 0 Å². The van der Waals surface area contributed by atoms with Crippen LogP contribution in [0.2, 0.25) is 10.0 Å². The van der Waals surface area contributed by atoms with Crippen LogP contribution in [0.5, 0.6) is 0 Å². The maximum Gasteiger partial charge on any atom is 0.490 e. The van der Waals surface area contributed by atoms with E-state index in [4.69, 9.17) is 33.1 Å². The molecule has 1 saturated heterocycles. The lowest BCUT2D eigenvalue weighted by Gasteiger charge is -2.37. The average molecular weight is 606 g/mol. The number of nitrogens with one attached hydrogen (secondary N) is 2. The average Bonchev–Trinajstić information content (AvgIpc) is 3.28. The van der Waals surface area contributed by atoms with Crippen molar-refractivity contribution < 1.29 is 37.1 Å².